The molecule has 1 unspecified atom stereocenters. The molecule has 2 aromatic rings. The van der Waals surface area contributed by atoms with E-state index in [-0.39, 0.29) is 11.9 Å². The first-order chi connectivity index (χ1) is 12.3. The summed E-state index contributed by atoms with van der Waals surface area (Å²) in [6, 6.07) is 8.25. The molecule has 0 spiro atoms. The molecule has 6 heteroatoms. The zero-order valence-electron chi connectivity index (χ0n) is 14.5. The molecule has 1 amide bonds. The van der Waals surface area contributed by atoms with Crippen LogP contribution in [0.5, 0.6) is 0 Å². The van der Waals surface area contributed by atoms with Gasteiger partial charge in [0.15, 0.2) is 0 Å². The van der Waals surface area contributed by atoms with E-state index in [2.05, 4.69) is 37.1 Å². The van der Waals surface area contributed by atoms with Crippen molar-refractivity contribution in [1.82, 2.24) is 20.1 Å². The zero-order valence-corrected chi connectivity index (χ0v) is 14.5. The first-order valence-electron chi connectivity index (χ1n) is 9.32. The molecule has 1 saturated heterocycles. The number of nitrogens with zero attached hydrogens (tertiary/aromatic N) is 4. The van der Waals surface area contributed by atoms with E-state index in [0.29, 0.717) is 0 Å². The highest BCUT2D eigenvalue weighted by Crippen LogP contribution is 2.20. The Balaban J connectivity index is 1.35. The highest BCUT2D eigenvalue weighted by atomic mass is 16.1. The molecular weight excluding hydrogens is 314 g/mol. The molecule has 6 nitrogen and oxygen atoms in total. The van der Waals surface area contributed by atoms with Crippen LogP contribution in [-0.2, 0) is 13.0 Å². The standard InChI is InChI=1S/C19H25N5O/c25-19(21-16-6-9-18-22-20-14-24(18)13-10-16)15-4-7-17(8-5-15)23-11-2-1-3-12-23/h4-5,7-8,14,16H,1-3,6,9-13H2,(H,21,25). The Hall–Kier alpha value is -2.37. The van der Waals surface area contributed by atoms with Gasteiger partial charge in [0.05, 0.1) is 0 Å². The number of rotatable bonds is 3. The summed E-state index contributed by atoms with van der Waals surface area (Å²) in [5.74, 6) is 1.04. The second-order valence-electron chi connectivity index (χ2n) is 7.03. The third-order valence-electron chi connectivity index (χ3n) is 5.32. The second-order valence-corrected chi connectivity index (χ2v) is 7.03. The van der Waals surface area contributed by atoms with E-state index in [4.69, 9.17) is 0 Å². The van der Waals surface area contributed by atoms with Crippen molar-refractivity contribution in [3.63, 3.8) is 0 Å². The number of benzene rings is 1. The van der Waals surface area contributed by atoms with Gasteiger partial charge in [0.1, 0.15) is 12.2 Å². The predicted octanol–water partition coefficient (Wildman–Crippen LogP) is 2.40. The summed E-state index contributed by atoms with van der Waals surface area (Å²) in [5, 5.41) is 11.3. The van der Waals surface area contributed by atoms with E-state index in [1.165, 1.54) is 24.9 Å². The maximum Gasteiger partial charge on any atom is 0.251 e. The van der Waals surface area contributed by atoms with Gasteiger partial charge in [-0.1, -0.05) is 0 Å². The van der Waals surface area contributed by atoms with Gasteiger partial charge in [0, 0.05) is 43.3 Å². The molecule has 0 saturated carbocycles. The molecule has 3 heterocycles. The molecule has 1 aromatic carbocycles. The van der Waals surface area contributed by atoms with Gasteiger partial charge in [0.2, 0.25) is 0 Å². The number of aromatic nitrogens is 3. The zero-order chi connectivity index (χ0) is 17.1. The van der Waals surface area contributed by atoms with E-state index in [9.17, 15) is 4.79 Å². The fourth-order valence-electron chi connectivity index (χ4n) is 3.79. The van der Waals surface area contributed by atoms with Crippen LogP contribution in [0.15, 0.2) is 30.6 Å². The van der Waals surface area contributed by atoms with Crippen LogP contribution in [-0.4, -0.2) is 39.8 Å². The SMILES string of the molecule is O=C(NC1CCc2nncn2CC1)c1ccc(N2CCCCC2)cc1. The van der Waals surface area contributed by atoms with Crippen LogP contribution in [0.3, 0.4) is 0 Å². The molecule has 0 radical (unpaired) electrons. The van der Waals surface area contributed by atoms with Gasteiger partial charge >= 0.3 is 0 Å². The van der Waals surface area contributed by atoms with E-state index >= 15 is 0 Å². The molecule has 25 heavy (non-hydrogen) atoms. The van der Waals surface area contributed by atoms with Gasteiger partial charge in [-0.15, -0.1) is 10.2 Å². The maximum absolute atomic E-state index is 12.6. The Morgan fingerprint density at radius 3 is 2.64 bits per heavy atom. The van der Waals surface area contributed by atoms with Crippen molar-refractivity contribution < 1.29 is 4.79 Å². The summed E-state index contributed by atoms with van der Waals surface area (Å²) in [4.78, 5) is 15.0. The minimum absolute atomic E-state index is 0.0212. The van der Waals surface area contributed by atoms with E-state index in [1.54, 1.807) is 6.33 Å². The van der Waals surface area contributed by atoms with Crippen molar-refractivity contribution in [3.8, 4) is 0 Å². The van der Waals surface area contributed by atoms with Gasteiger partial charge in [-0.3, -0.25) is 4.79 Å². The van der Waals surface area contributed by atoms with Crippen molar-refractivity contribution in [3.05, 3.63) is 42.0 Å². The summed E-state index contributed by atoms with van der Waals surface area (Å²) in [6.07, 6.45) is 8.32. The fourth-order valence-corrected chi connectivity index (χ4v) is 3.79. The van der Waals surface area contributed by atoms with Crippen molar-refractivity contribution in [2.24, 2.45) is 0 Å². The van der Waals surface area contributed by atoms with E-state index < -0.39 is 0 Å². The first-order valence-corrected chi connectivity index (χ1v) is 9.32. The number of anilines is 1. The lowest BCUT2D eigenvalue weighted by Gasteiger charge is -2.28. The molecule has 2 aliphatic heterocycles. The van der Waals surface area contributed by atoms with Gasteiger partial charge < -0.3 is 14.8 Å². The predicted molar refractivity (Wildman–Crippen MR) is 96.7 cm³/mol. The van der Waals surface area contributed by atoms with Crippen molar-refractivity contribution in [1.29, 1.82) is 0 Å². The quantitative estimate of drug-likeness (QED) is 0.933. The Bertz CT molecular complexity index is 695. The fraction of sp³-hybridized carbons (Fsp3) is 0.526. The number of hydrogen-bond donors (Lipinski definition) is 1. The van der Waals surface area contributed by atoms with Crippen LogP contribution >= 0.6 is 0 Å². The lowest BCUT2D eigenvalue weighted by atomic mass is 10.1. The van der Waals surface area contributed by atoms with Crippen molar-refractivity contribution >= 4 is 11.6 Å². The Morgan fingerprint density at radius 1 is 1.04 bits per heavy atom. The summed E-state index contributed by atoms with van der Waals surface area (Å²) in [7, 11) is 0. The molecule has 0 bridgehead atoms. The van der Waals surface area contributed by atoms with Crippen molar-refractivity contribution in [2.45, 2.75) is 51.1 Å². The lowest BCUT2D eigenvalue weighted by Crippen LogP contribution is -2.35. The number of piperidine rings is 1. The molecule has 4 rings (SSSR count). The van der Waals surface area contributed by atoms with Gasteiger partial charge in [0.25, 0.3) is 5.91 Å². The summed E-state index contributed by atoms with van der Waals surface area (Å²) >= 11 is 0. The maximum atomic E-state index is 12.6. The number of nitrogens with one attached hydrogen (secondary N) is 1. The minimum Gasteiger partial charge on any atom is -0.372 e. The van der Waals surface area contributed by atoms with E-state index in [0.717, 1.165) is 50.3 Å². The summed E-state index contributed by atoms with van der Waals surface area (Å²) < 4.78 is 2.08. The molecule has 132 valence electrons. The third-order valence-corrected chi connectivity index (χ3v) is 5.32. The summed E-state index contributed by atoms with van der Waals surface area (Å²) in [6.45, 7) is 3.11. The Morgan fingerprint density at radius 2 is 1.84 bits per heavy atom. The van der Waals surface area contributed by atoms with Crippen LogP contribution in [0.4, 0.5) is 5.69 Å². The minimum atomic E-state index is 0.0212. The lowest BCUT2D eigenvalue weighted by molar-refractivity contribution is 0.0933. The van der Waals surface area contributed by atoms with Crippen LogP contribution in [0.2, 0.25) is 0 Å². The number of fused-ring (bicyclic) bond motifs is 1. The topological polar surface area (TPSA) is 63.1 Å². The van der Waals surface area contributed by atoms with E-state index in [1.807, 2.05) is 12.1 Å². The average Bonchev–Trinajstić information content (AvgIpc) is 3.04. The monoisotopic (exact) mass is 339 g/mol. The van der Waals surface area contributed by atoms with Crippen LogP contribution in [0.25, 0.3) is 0 Å². The van der Waals surface area contributed by atoms with Crippen LogP contribution < -0.4 is 10.2 Å². The molecule has 2 aliphatic rings. The van der Waals surface area contributed by atoms with Gasteiger partial charge in [-0.2, -0.15) is 0 Å². The number of amides is 1. The Kier molecular flexibility index (Phi) is 4.68. The number of hydrogen-bond acceptors (Lipinski definition) is 4. The molecule has 1 N–H and O–H groups in total. The second kappa shape index (κ2) is 7.25. The van der Waals surface area contributed by atoms with Gasteiger partial charge in [-0.25, -0.2) is 0 Å². The van der Waals surface area contributed by atoms with Gasteiger partial charge in [-0.05, 0) is 56.4 Å². The molecule has 1 atom stereocenters. The normalized spacial score (nSPS) is 20.6. The summed E-state index contributed by atoms with van der Waals surface area (Å²) in [5.41, 5.74) is 1.97. The molecule has 0 aliphatic carbocycles. The highest BCUT2D eigenvalue weighted by Gasteiger charge is 2.19. The number of carbonyl (C=O) groups is 1. The largest absolute Gasteiger partial charge is 0.372 e. The first kappa shape index (κ1) is 16.1. The smallest absolute Gasteiger partial charge is 0.251 e. The number of carbonyl (C=O) groups excluding carboxylic acids is 1. The highest BCUT2D eigenvalue weighted by molar-refractivity contribution is 5.94. The molecular formula is C19H25N5O. The molecule has 1 fully saturated rings. The van der Waals surface area contributed by atoms with Crippen molar-refractivity contribution in [2.75, 3.05) is 18.0 Å². The number of aryl methyl sites for hydroxylation is 2. The van der Waals surface area contributed by atoms with Crippen LogP contribution in [0.1, 0.15) is 48.3 Å². The average molecular weight is 339 g/mol. The Labute approximate surface area is 148 Å². The molecule has 1 aromatic heterocycles. The third kappa shape index (κ3) is 3.67. The van der Waals surface area contributed by atoms with Crippen LogP contribution in [0, 0.1) is 0 Å².